The molecule has 0 radical (unpaired) electrons. The predicted octanol–water partition coefficient (Wildman–Crippen LogP) is 7.38. The molecule has 0 unspecified atom stereocenters. The van der Waals surface area contributed by atoms with Gasteiger partial charge < -0.3 is 9.47 Å². The molecule has 0 fully saturated rings. The summed E-state index contributed by atoms with van der Waals surface area (Å²) in [5.74, 6) is 0.266. The second kappa shape index (κ2) is 21.6. The van der Waals surface area contributed by atoms with E-state index in [1.54, 1.807) is 0 Å². The smallest absolute Gasteiger partial charge is 0.305 e. The van der Waals surface area contributed by atoms with E-state index in [4.69, 9.17) is 9.47 Å². The molecule has 4 heteroatoms. The van der Waals surface area contributed by atoms with Gasteiger partial charge in [0.05, 0.1) is 13.2 Å². The number of hydrogen-bond acceptors (Lipinski definition) is 4. The summed E-state index contributed by atoms with van der Waals surface area (Å²) in [6, 6.07) is 0. The van der Waals surface area contributed by atoms with Gasteiger partial charge in [0.15, 0.2) is 0 Å². The molecule has 0 rings (SSSR count). The highest BCUT2D eigenvalue weighted by molar-refractivity contribution is 5.69. The minimum Gasteiger partial charge on any atom is -0.466 e. The van der Waals surface area contributed by atoms with E-state index in [0.717, 1.165) is 44.9 Å². The number of esters is 2. The topological polar surface area (TPSA) is 52.6 Å². The summed E-state index contributed by atoms with van der Waals surface area (Å²) in [5.41, 5.74) is 0. The van der Waals surface area contributed by atoms with Crippen LogP contribution in [-0.2, 0) is 19.1 Å². The van der Waals surface area contributed by atoms with E-state index in [-0.39, 0.29) is 11.9 Å². The highest BCUT2D eigenvalue weighted by Crippen LogP contribution is 2.12. The molecule has 0 aliphatic rings. The third-order valence-corrected chi connectivity index (χ3v) is 5.66. The van der Waals surface area contributed by atoms with E-state index in [1.807, 2.05) is 0 Å². The van der Waals surface area contributed by atoms with Gasteiger partial charge in [-0.15, -0.1) is 0 Å². The van der Waals surface area contributed by atoms with Crippen LogP contribution in [0.5, 0.6) is 0 Å². The first-order valence-electron chi connectivity index (χ1n) is 12.4. The van der Waals surface area contributed by atoms with E-state index in [0.29, 0.717) is 32.0 Å². The fraction of sp³-hybridized carbons (Fsp3) is 0.920. The molecule has 0 aliphatic carbocycles. The Morgan fingerprint density at radius 3 is 1.55 bits per heavy atom. The molecule has 4 nitrogen and oxygen atoms in total. The molecule has 0 heterocycles. The lowest BCUT2D eigenvalue weighted by atomic mass is 10.1. The zero-order valence-corrected chi connectivity index (χ0v) is 19.6. The molecule has 29 heavy (non-hydrogen) atoms. The van der Waals surface area contributed by atoms with Crippen LogP contribution in [0.2, 0.25) is 0 Å². The third-order valence-electron chi connectivity index (χ3n) is 5.66. The summed E-state index contributed by atoms with van der Waals surface area (Å²) in [6.07, 6.45) is 18.3. The molecule has 0 saturated heterocycles. The molecule has 0 aromatic heterocycles. The van der Waals surface area contributed by atoms with Crippen molar-refractivity contribution in [3.8, 4) is 0 Å². The van der Waals surface area contributed by atoms with Gasteiger partial charge in [-0.3, -0.25) is 9.59 Å². The molecule has 0 saturated carbocycles. The van der Waals surface area contributed by atoms with Gasteiger partial charge in [-0.1, -0.05) is 97.8 Å². The van der Waals surface area contributed by atoms with Crippen molar-refractivity contribution >= 4 is 11.9 Å². The van der Waals surface area contributed by atoms with Crippen molar-refractivity contribution in [2.45, 2.75) is 130 Å². The SMILES string of the molecule is CCCCCCCCCCCCOC(=O)CCCCCC(=O)OCC(CC)CC. The second-order valence-corrected chi connectivity index (χ2v) is 8.33. The number of carbonyl (C=O) groups is 2. The molecule has 0 spiro atoms. The van der Waals surface area contributed by atoms with Crippen molar-refractivity contribution in [1.82, 2.24) is 0 Å². The van der Waals surface area contributed by atoms with Gasteiger partial charge in [-0.05, 0) is 25.2 Å². The average molecular weight is 413 g/mol. The van der Waals surface area contributed by atoms with Crippen molar-refractivity contribution < 1.29 is 19.1 Å². The lowest BCUT2D eigenvalue weighted by Gasteiger charge is -2.12. The Balaban J connectivity index is 3.35. The molecule has 0 N–H and O–H groups in total. The molecular formula is C25H48O4. The van der Waals surface area contributed by atoms with E-state index in [2.05, 4.69) is 20.8 Å². The van der Waals surface area contributed by atoms with Crippen molar-refractivity contribution in [2.24, 2.45) is 5.92 Å². The Hall–Kier alpha value is -1.06. The first-order valence-corrected chi connectivity index (χ1v) is 12.4. The van der Waals surface area contributed by atoms with E-state index in [9.17, 15) is 9.59 Å². The van der Waals surface area contributed by atoms with Crippen LogP contribution in [0.1, 0.15) is 130 Å². The average Bonchev–Trinajstić information content (AvgIpc) is 2.72. The fourth-order valence-corrected chi connectivity index (χ4v) is 3.37. The highest BCUT2D eigenvalue weighted by atomic mass is 16.5. The Kier molecular flexibility index (Phi) is 20.9. The summed E-state index contributed by atoms with van der Waals surface area (Å²) in [4.78, 5) is 23.4. The van der Waals surface area contributed by atoms with Gasteiger partial charge in [0.2, 0.25) is 0 Å². The number of rotatable bonds is 21. The monoisotopic (exact) mass is 412 g/mol. The van der Waals surface area contributed by atoms with Crippen molar-refractivity contribution in [3.05, 3.63) is 0 Å². The summed E-state index contributed by atoms with van der Waals surface area (Å²) in [7, 11) is 0. The van der Waals surface area contributed by atoms with Crippen molar-refractivity contribution in [1.29, 1.82) is 0 Å². The Bertz CT molecular complexity index is 377. The Labute approximate surface area is 180 Å². The zero-order valence-electron chi connectivity index (χ0n) is 19.6. The first kappa shape index (κ1) is 27.9. The fourth-order valence-electron chi connectivity index (χ4n) is 3.37. The lowest BCUT2D eigenvalue weighted by Crippen LogP contribution is -2.13. The van der Waals surface area contributed by atoms with Gasteiger partial charge in [-0.2, -0.15) is 0 Å². The van der Waals surface area contributed by atoms with Crippen LogP contribution in [0.3, 0.4) is 0 Å². The summed E-state index contributed by atoms with van der Waals surface area (Å²) >= 11 is 0. The molecule has 0 aliphatic heterocycles. The summed E-state index contributed by atoms with van der Waals surface area (Å²) in [6.45, 7) is 7.59. The first-order chi connectivity index (χ1) is 14.1. The second-order valence-electron chi connectivity index (χ2n) is 8.33. The number of hydrogen-bond donors (Lipinski definition) is 0. The molecule has 0 aromatic rings. The van der Waals surface area contributed by atoms with Crippen LogP contribution in [0.25, 0.3) is 0 Å². The highest BCUT2D eigenvalue weighted by Gasteiger charge is 2.09. The van der Waals surface area contributed by atoms with Gasteiger partial charge >= 0.3 is 11.9 Å². The van der Waals surface area contributed by atoms with E-state index < -0.39 is 0 Å². The Morgan fingerprint density at radius 1 is 0.586 bits per heavy atom. The van der Waals surface area contributed by atoms with Crippen LogP contribution in [0.15, 0.2) is 0 Å². The molecule has 0 bridgehead atoms. The van der Waals surface area contributed by atoms with Crippen molar-refractivity contribution in [3.63, 3.8) is 0 Å². The van der Waals surface area contributed by atoms with Crippen LogP contribution >= 0.6 is 0 Å². The third kappa shape index (κ3) is 20.0. The van der Waals surface area contributed by atoms with Gasteiger partial charge in [-0.25, -0.2) is 0 Å². The van der Waals surface area contributed by atoms with Gasteiger partial charge in [0.1, 0.15) is 0 Å². The zero-order chi connectivity index (χ0) is 21.6. The lowest BCUT2D eigenvalue weighted by molar-refractivity contribution is -0.145. The minimum absolute atomic E-state index is 0.0998. The van der Waals surface area contributed by atoms with Gasteiger partial charge in [0, 0.05) is 12.8 Å². The van der Waals surface area contributed by atoms with Crippen LogP contribution in [0, 0.1) is 5.92 Å². The van der Waals surface area contributed by atoms with Crippen LogP contribution in [0.4, 0.5) is 0 Å². The van der Waals surface area contributed by atoms with E-state index >= 15 is 0 Å². The van der Waals surface area contributed by atoms with Crippen molar-refractivity contribution in [2.75, 3.05) is 13.2 Å². The maximum absolute atomic E-state index is 11.7. The standard InChI is InChI=1S/C25H48O4/c1-4-7-8-9-10-11-12-13-14-18-21-28-24(26)19-16-15-17-20-25(27)29-22-23(5-2)6-3/h23H,4-22H2,1-3H3. The molecular weight excluding hydrogens is 364 g/mol. The largest absolute Gasteiger partial charge is 0.466 e. The number of ether oxygens (including phenoxy) is 2. The maximum Gasteiger partial charge on any atom is 0.305 e. The van der Waals surface area contributed by atoms with Gasteiger partial charge in [0.25, 0.3) is 0 Å². The van der Waals surface area contributed by atoms with E-state index in [1.165, 1.54) is 51.4 Å². The minimum atomic E-state index is -0.111. The summed E-state index contributed by atoms with van der Waals surface area (Å²) < 4.78 is 10.6. The van der Waals surface area contributed by atoms with Crippen LogP contribution < -0.4 is 0 Å². The summed E-state index contributed by atoms with van der Waals surface area (Å²) in [5, 5.41) is 0. The molecule has 0 aromatic carbocycles. The van der Waals surface area contributed by atoms with Crippen LogP contribution in [-0.4, -0.2) is 25.2 Å². The molecule has 0 amide bonds. The number of unbranched alkanes of at least 4 members (excludes halogenated alkanes) is 11. The number of carbonyl (C=O) groups excluding carboxylic acids is 2. The molecule has 172 valence electrons. The normalized spacial score (nSPS) is 11.0. The molecule has 0 atom stereocenters. The quantitative estimate of drug-likeness (QED) is 0.146. The predicted molar refractivity (Wildman–Crippen MR) is 121 cm³/mol. The maximum atomic E-state index is 11.7. The Morgan fingerprint density at radius 2 is 1.03 bits per heavy atom.